The minimum Gasteiger partial charge on any atom is -0.377 e. The van der Waals surface area contributed by atoms with Crippen LogP contribution in [0.5, 0.6) is 0 Å². The molecule has 1 aromatic rings. The molecule has 2 fully saturated rings. The number of Topliss-reactive ketones (excluding diaryl/α,β-unsaturated/α-hetero) is 1. The summed E-state index contributed by atoms with van der Waals surface area (Å²) in [6, 6.07) is -0.811. The molecule has 2 aliphatic heterocycles. The highest BCUT2D eigenvalue weighted by Crippen LogP contribution is 2.39. The van der Waals surface area contributed by atoms with E-state index in [9.17, 15) is 22.8 Å². The fourth-order valence-electron chi connectivity index (χ4n) is 3.89. The number of carbonyl (C=O) groups excluding carboxylic acids is 1. The second kappa shape index (κ2) is 7.06. The van der Waals surface area contributed by atoms with Crippen molar-refractivity contribution >= 4 is 17.5 Å². The van der Waals surface area contributed by atoms with E-state index in [4.69, 9.17) is 4.74 Å². The van der Waals surface area contributed by atoms with Crippen LogP contribution in [0.4, 0.5) is 24.9 Å². The van der Waals surface area contributed by atoms with Crippen LogP contribution < -0.4 is 15.4 Å². The number of fused-ring (bicyclic) bond motifs is 1. The van der Waals surface area contributed by atoms with Gasteiger partial charge in [0.05, 0.1) is 25.8 Å². The normalized spacial score (nSPS) is 25.6. The topological polar surface area (TPSA) is 67.7 Å². The van der Waals surface area contributed by atoms with Gasteiger partial charge in [0.25, 0.3) is 5.56 Å². The monoisotopic (exact) mass is 400 g/mol. The average molecular weight is 400 g/mol. The zero-order valence-corrected chi connectivity index (χ0v) is 15.6. The summed E-state index contributed by atoms with van der Waals surface area (Å²) >= 11 is 0. The van der Waals surface area contributed by atoms with Gasteiger partial charge in [-0.15, -0.1) is 0 Å². The van der Waals surface area contributed by atoms with E-state index in [0.29, 0.717) is 30.1 Å². The van der Waals surface area contributed by atoms with Crippen LogP contribution in [0, 0.1) is 5.92 Å². The number of rotatable bonds is 4. The number of ketones is 1. The summed E-state index contributed by atoms with van der Waals surface area (Å²) < 4.78 is 46.7. The highest BCUT2D eigenvalue weighted by molar-refractivity contribution is 5.87. The molecule has 0 bridgehead atoms. The third kappa shape index (κ3) is 3.61. The number of aromatic nitrogens is 2. The summed E-state index contributed by atoms with van der Waals surface area (Å²) in [7, 11) is 0. The lowest BCUT2D eigenvalue weighted by molar-refractivity contribution is -0.170. The SMILES string of the molecule is C[C@@H]1COCCN1c1cc(=O)n2c(n1)N(CC(=O)C1CC1)CC[C@@H]2C(F)(F)F. The van der Waals surface area contributed by atoms with E-state index in [1.54, 1.807) is 0 Å². The Hall–Kier alpha value is -2.10. The Balaban J connectivity index is 1.75. The highest BCUT2D eigenvalue weighted by atomic mass is 19.4. The molecule has 154 valence electrons. The summed E-state index contributed by atoms with van der Waals surface area (Å²) in [5.41, 5.74) is -0.746. The van der Waals surface area contributed by atoms with Crippen LogP contribution in [-0.4, -0.2) is 60.4 Å². The molecule has 0 unspecified atom stereocenters. The maximum absolute atomic E-state index is 13.5. The standard InChI is InChI=1S/C18H23F3N4O3/c1-11-10-28-7-6-24(11)15-8-16(27)25-14(18(19,20)21)4-5-23(17(25)22-15)9-13(26)12-2-3-12/h8,11-12,14H,2-7,9-10H2,1H3/t11-,14-/m1/s1. The number of alkyl halides is 3. The van der Waals surface area contributed by atoms with Crippen LogP contribution in [0.15, 0.2) is 10.9 Å². The molecule has 1 saturated carbocycles. The largest absolute Gasteiger partial charge is 0.409 e. The van der Waals surface area contributed by atoms with E-state index in [2.05, 4.69) is 4.98 Å². The van der Waals surface area contributed by atoms with Crippen LogP contribution in [0.3, 0.4) is 0 Å². The molecule has 0 aromatic carbocycles. The van der Waals surface area contributed by atoms with Gasteiger partial charge in [-0.3, -0.25) is 14.2 Å². The molecule has 2 atom stereocenters. The van der Waals surface area contributed by atoms with Crippen molar-refractivity contribution in [3.63, 3.8) is 0 Å². The molecule has 4 rings (SSSR count). The third-order valence-corrected chi connectivity index (χ3v) is 5.61. The maximum Gasteiger partial charge on any atom is 0.409 e. The van der Waals surface area contributed by atoms with Crippen molar-refractivity contribution in [2.24, 2.45) is 5.92 Å². The Morgan fingerprint density at radius 2 is 2.04 bits per heavy atom. The van der Waals surface area contributed by atoms with Crippen molar-refractivity contribution in [3.8, 4) is 0 Å². The summed E-state index contributed by atoms with van der Waals surface area (Å²) in [6.45, 7) is 3.35. The van der Waals surface area contributed by atoms with Gasteiger partial charge in [0, 0.05) is 25.1 Å². The second-order valence-electron chi connectivity index (χ2n) is 7.75. The lowest BCUT2D eigenvalue weighted by atomic mass is 10.1. The lowest BCUT2D eigenvalue weighted by Crippen LogP contribution is -2.49. The van der Waals surface area contributed by atoms with Crippen molar-refractivity contribution in [3.05, 3.63) is 16.4 Å². The molecule has 1 aromatic heterocycles. The number of carbonyl (C=O) groups is 1. The van der Waals surface area contributed by atoms with Gasteiger partial charge in [0.1, 0.15) is 11.9 Å². The predicted molar refractivity (Wildman–Crippen MR) is 95.8 cm³/mol. The Kier molecular flexibility index (Phi) is 4.84. The zero-order chi connectivity index (χ0) is 20.1. The molecule has 10 heteroatoms. The summed E-state index contributed by atoms with van der Waals surface area (Å²) in [5, 5.41) is 0. The molecular weight excluding hydrogens is 377 g/mol. The first-order valence-electron chi connectivity index (χ1n) is 9.58. The van der Waals surface area contributed by atoms with Crippen molar-refractivity contribution in [1.82, 2.24) is 9.55 Å². The first kappa shape index (κ1) is 19.2. The van der Waals surface area contributed by atoms with E-state index >= 15 is 0 Å². The molecule has 1 saturated heterocycles. The van der Waals surface area contributed by atoms with Crippen molar-refractivity contribution < 1.29 is 22.7 Å². The first-order chi connectivity index (χ1) is 13.3. The minimum atomic E-state index is -4.55. The number of hydrogen-bond donors (Lipinski definition) is 0. The minimum absolute atomic E-state index is 0.00333. The van der Waals surface area contributed by atoms with Crippen LogP contribution >= 0.6 is 0 Å². The Bertz CT molecular complexity index is 821. The van der Waals surface area contributed by atoms with Crippen molar-refractivity contribution in [2.45, 2.75) is 44.4 Å². The van der Waals surface area contributed by atoms with Gasteiger partial charge in [-0.1, -0.05) is 0 Å². The second-order valence-corrected chi connectivity index (χ2v) is 7.75. The molecule has 3 heterocycles. The molecule has 28 heavy (non-hydrogen) atoms. The Morgan fingerprint density at radius 3 is 2.68 bits per heavy atom. The fourth-order valence-corrected chi connectivity index (χ4v) is 3.89. The van der Waals surface area contributed by atoms with Gasteiger partial charge in [0.15, 0.2) is 5.78 Å². The van der Waals surface area contributed by atoms with E-state index in [-0.39, 0.29) is 43.2 Å². The molecule has 1 aliphatic carbocycles. The molecular formula is C18H23F3N4O3. The zero-order valence-electron chi connectivity index (χ0n) is 15.6. The van der Waals surface area contributed by atoms with Crippen LogP contribution in [0.1, 0.15) is 32.2 Å². The highest BCUT2D eigenvalue weighted by Gasteiger charge is 2.46. The lowest BCUT2D eigenvalue weighted by Gasteiger charge is -2.38. The average Bonchev–Trinajstić information content (AvgIpc) is 3.46. The maximum atomic E-state index is 13.5. The molecule has 7 nitrogen and oxygen atoms in total. The van der Waals surface area contributed by atoms with E-state index in [1.165, 1.54) is 4.90 Å². The number of halogens is 3. The van der Waals surface area contributed by atoms with Gasteiger partial charge in [-0.2, -0.15) is 18.2 Å². The molecule has 0 N–H and O–H groups in total. The van der Waals surface area contributed by atoms with Crippen LogP contribution in [0.2, 0.25) is 0 Å². The number of ether oxygens (including phenoxy) is 1. The molecule has 0 spiro atoms. The number of morpholine rings is 1. The quantitative estimate of drug-likeness (QED) is 0.767. The van der Waals surface area contributed by atoms with Crippen LogP contribution in [-0.2, 0) is 9.53 Å². The first-order valence-corrected chi connectivity index (χ1v) is 9.58. The number of nitrogens with zero attached hydrogens (tertiary/aromatic N) is 4. The smallest absolute Gasteiger partial charge is 0.377 e. The van der Waals surface area contributed by atoms with Gasteiger partial charge < -0.3 is 14.5 Å². The van der Waals surface area contributed by atoms with Gasteiger partial charge in [-0.05, 0) is 26.2 Å². The number of anilines is 2. The van der Waals surface area contributed by atoms with Gasteiger partial charge in [-0.25, -0.2) is 0 Å². The summed E-state index contributed by atoms with van der Waals surface area (Å²) in [4.78, 5) is 32.8. The van der Waals surface area contributed by atoms with Crippen molar-refractivity contribution in [2.75, 3.05) is 42.6 Å². The summed E-state index contributed by atoms with van der Waals surface area (Å²) in [6.07, 6.45) is -3.18. The van der Waals surface area contributed by atoms with Gasteiger partial charge >= 0.3 is 6.18 Å². The Morgan fingerprint density at radius 1 is 1.29 bits per heavy atom. The van der Waals surface area contributed by atoms with Gasteiger partial charge in [0.2, 0.25) is 5.95 Å². The Labute approximate surface area is 160 Å². The van der Waals surface area contributed by atoms with E-state index in [1.807, 2.05) is 11.8 Å². The van der Waals surface area contributed by atoms with Crippen LogP contribution in [0.25, 0.3) is 0 Å². The van der Waals surface area contributed by atoms with E-state index in [0.717, 1.165) is 18.9 Å². The molecule has 0 amide bonds. The fraction of sp³-hybridized carbons (Fsp3) is 0.722. The van der Waals surface area contributed by atoms with Crippen molar-refractivity contribution in [1.29, 1.82) is 0 Å². The number of hydrogen-bond acceptors (Lipinski definition) is 6. The molecule has 0 radical (unpaired) electrons. The summed E-state index contributed by atoms with van der Waals surface area (Å²) in [5.74, 6) is 0.252. The predicted octanol–water partition coefficient (Wildman–Crippen LogP) is 1.76. The molecule has 3 aliphatic rings. The third-order valence-electron chi connectivity index (χ3n) is 5.61. The van der Waals surface area contributed by atoms with E-state index < -0.39 is 17.8 Å².